The number of rotatable bonds is 8. The smallest absolute Gasteiger partial charge is 0.296 e. The monoisotopic (exact) mass is 647 g/mol. The molecule has 45 heavy (non-hydrogen) atoms. The zero-order chi connectivity index (χ0) is 32.4. The van der Waals surface area contributed by atoms with Crippen molar-refractivity contribution in [2.75, 3.05) is 16.6 Å². The number of fused-ring (bicyclic) bond motifs is 1. The molecule has 2 aliphatic rings. The van der Waals surface area contributed by atoms with Crippen LogP contribution in [0.1, 0.15) is 15.9 Å². The van der Waals surface area contributed by atoms with E-state index >= 15 is 0 Å². The second-order valence-electron chi connectivity index (χ2n) is 9.29. The van der Waals surface area contributed by atoms with E-state index in [0.717, 1.165) is 12.1 Å². The van der Waals surface area contributed by atoms with Crippen LogP contribution in [-0.2, 0) is 25.0 Å². The van der Waals surface area contributed by atoms with Crippen LogP contribution in [0.15, 0.2) is 115 Å². The topological polar surface area (TPSA) is 242 Å². The molecule has 0 fully saturated rings. The first-order valence-corrected chi connectivity index (χ1v) is 15.5. The lowest BCUT2D eigenvalue weighted by Gasteiger charge is -2.20. The summed E-state index contributed by atoms with van der Waals surface area (Å²) in [4.78, 5) is 23.0. The second-order valence-corrected chi connectivity index (χ2v) is 12.1. The van der Waals surface area contributed by atoms with E-state index in [1.165, 1.54) is 36.4 Å². The van der Waals surface area contributed by atoms with E-state index in [1.54, 1.807) is 42.5 Å². The first kappa shape index (κ1) is 30.8. The summed E-state index contributed by atoms with van der Waals surface area (Å²) in [6.45, 7) is 0. The molecule has 0 bridgehead atoms. The van der Waals surface area contributed by atoms with E-state index in [1.807, 2.05) is 0 Å². The van der Waals surface area contributed by atoms with Gasteiger partial charge in [-0.2, -0.15) is 32.2 Å². The van der Waals surface area contributed by atoms with Crippen molar-refractivity contribution in [3.63, 3.8) is 0 Å². The minimum absolute atomic E-state index is 0.155. The van der Waals surface area contributed by atoms with Gasteiger partial charge < -0.3 is 5.73 Å². The maximum absolute atomic E-state index is 13.5. The summed E-state index contributed by atoms with van der Waals surface area (Å²) in [7, 11) is -10.1. The van der Waals surface area contributed by atoms with Crippen LogP contribution >= 0.6 is 0 Å². The Bertz CT molecular complexity index is 2120. The summed E-state index contributed by atoms with van der Waals surface area (Å²) in [6.07, 6.45) is 6.60. The Labute approximate surface area is 255 Å². The van der Waals surface area contributed by atoms with Crippen molar-refractivity contribution >= 4 is 77.7 Å². The lowest BCUT2D eigenvalue weighted by molar-refractivity contribution is -0.110. The summed E-state index contributed by atoms with van der Waals surface area (Å²) < 4.78 is 68.7. The van der Waals surface area contributed by atoms with Crippen molar-refractivity contribution in [3.8, 4) is 0 Å². The summed E-state index contributed by atoms with van der Waals surface area (Å²) in [5.74, 6) is -1.24. The number of nitrogens with zero attached hydrogens (tertiary/aromatic N) is 4. The van der Waals surface area contributed by atoms with E-state index in [2.05, 4.69) is 31.3 Å². The number of carbonyl (C=O) groups is 2. The highest BCUT2D eigenvalue weighted by molar-refractivity contribution is 7.91. The molecule has 0 saturated heterocycles. The lowest BCUT2D eigenvalue weighted by atomic mass is 9.92. The van der Waals surface area contributed by atoms with E-state index < -0.39 is 52.9 Å². The number of benzene rings is 3. The van der Waals surface area contributed by atoms with Gasteiger partial charge in [-0.3, -0.25) is 29.5 Å². The molecule has 6 N–H and O–H groups in total. The third-order valence-corrected chi connectivity index (χ3v) is 7.94. The van der Waals surface area contributed by atoms with Crippen molar-refractivity contribution in [3.05, 3.63) is 101 Å². The molecule has 0 radical (unpaired) electrons. The van der Waals surface area contributed by atoms with Crippen molar-refractivity contribution in [1.82, 2.24) is 0 Å². The number of azo groups is 1. The maximum atomic E-state index is 13.5. The minimum atomic E-state index is -5.05. The Balaban J connectivity index is 1.52. The third-order valence-electron chi connectivity index (χ3n) is 6.21. The fourth-order valence-corrected chi connectivity index (χ4v) is 5.42. The Kier molecular flexibility index (Phi) is 8.34. The number of para-hydroxylation sites is 1. The number of nitrogen functional groups attached to an aromatic ring is 1. The van der Waals surface area contributed by atoms with Crippen molar-refractivity contribution in [1.29, 1.82) is 0 Å². The Hall–Kier alpha value is -5.62. The molecular formula is C28H21N7O8S2. The molecular weight excluding hydrogens is 626 g/mol. The van der Waals surface area contributed by atoms with Crippen molar-refractivity contribution in [2.45, 2.75) is 4.90 Å². The van der Waals surface area contributed by atoms with Crippen LogP contribution in [0.4, 0.5) is 28.4 Å². The maximum Gasteiger partial charge on any atom is 0.296 e. The molecule has 0 amide bonds. The van der Waals surface area contributed by atoms with Gasteiger partial charge in [-0.05, 0) is 78.4 Å². The van der Waals surface area contributed by atoms with Crippen LogP contribution in [-0.4, -0.2) is 48.9 Å². The highest BCUT2D eigenvalue weighted by atomic mass is 32.2. The number of nitrogens with two attached hydrogens (primary N) is 1. The molecule has 0 saturated carbocycles. The van der Waals surface area contributed by atoms with Gasteiger partial charge in [-0.25, -0.2) is 0 Å². The normalized spacial score (nSPS) is 15.7. The molecule has 3 aromatic rings. The second kappa shape index (κ2) is 12.2. The van der Waals surface area contributed by atoms with E-state index in [4.69, 9.17) is 5.73 Å². The summed E-state index contributed by atoms with van der Waals surface area (Å²) >= 11 is 0. The van der Waals surface area contributed by atoms with Gasteiger partial charge in [0.25, 0.3) is 20.2 Å². The molecule has 0 unspecified atom stereocenters. The number of carbonyl (C=O) groups excluding carboxylic acids is 2. The molecule has 0 aromatic heterocycles. The van der Waals surface area contributed by atoms with Crippen molar-refractivity contribution < 1.29 is 35.5 Å². The zero-order valence-corrected chi connectivity index (χ0v) is 24.3. The Morgan fingerprint density at radius 3 is 1.98 bits per heavy atom. The summed E-state index contributed by atoms with van der Waals surface area (Å²) in [5, 5.41) is 15.9. The Morgan fingerprint density at radius 1 is 0.733 bits per heavy atom. The molecule has 0 atom stereocenters. The first-order valence-electron chi connectivity index (χ1n) is 12.6. The minimum Gasteiger partial charge on any atom is -0.396 e. The van der Waals surface area contributed by atoms with Gasteiger partial charge in [0.15, 0.2) is 11.5 Å². The number of allylic oxidation sites excluding steroid dienone is 5. The highest BCUT2D eigenvalue weighted by Crippen LogP contribution is 2.40. The zero-order valence-electron chi connectivity index (χ0n) is 22.7. The predicted octanol–water partition coefficient (Wildman–Crippen LogP) is 4.29. The van der Waals surface area contributed by atoms with Gasteiger partial charge in [0.05, 0.1) is 34.0 Å². The number of Topliss-reactive ketones (excluding diaryl/α,β-unsaturated/α-hetero) is 1. The standard InChI is InChI=1S/C28H21N7O8S2/c29-25-24-16(15-23(45(41,42)43)27(28(24)37)35-32-17-4-2-1-3-5-17)14-22(44(38,39)40)26(25)34-33-19-8-6-18(7-9-19)30-31-20-10-12-21(36)13-11-20/h1-15,30,32H,29H2,(H,38,39,40)(H,41,42,43)/b34-33?,35-27-. The molecule has 5 rings (SSSR count). The molecule has 0 aliphatic heterocycles. The molecule has 0 heterocycles. The van der Waals surface area contributed by atoms with Crippen LogP contribution < -0.4 is 16.6 Å². The number of hydrazone groups is 2. The van der Waals surface area contributed by atoms with Gasteiger partial charge in [-0.15, -0.1) is 5.11 Å². The number of hydrogen-bond acceptors (Lipinski definition) is 13. The molecule has 2 aliphatic carbocycles. The number of hydrogen-bond donors (Lipinski definition) is 5. The summed E-state index contributed by atoms with van der Waals surface area (Å²) in [6, 6.07) is 15.1. The van der Waals surface area contributed by atoms with E-state index in [0.29, 0.717) is 17.1 Å². The first-order chi connectivity index (χ1) is 21.3. The number of anilines is 3. The average molecular weight is 648 g/mol. The van der Waals surface area contributed by atoms with Crippen LogP contribution in [0.25, 0.3) is 6.08 Å². The van der Waals surface area contributed by atoms with Gasteiger partial charge in [0, 0.05) is 0 Å². The predicted molar refractivity (Wildman–Crippen MR) is 167 cm³/mol. The average Bonchev–Trinajstić information content (AvgIpc) is 2.99. The number of ketones is 2. The quantitative estimate of drug-likeness (QED) is 0.0759. The van der Waals surface area contributed by atoms with Gasteiger partial charge >= 0.3 is 0 Å². The highest BCUT2D eigenvalue weighted by Gasteiger charge is 2.37. The molecule has 15 nitrogen and oxygen atoms in total. The lowest BCUT2D eigenvalue weighted by Crippen LogP contribution is -2.28. The van der Waals surface area contributed by atoms with Gasteiger partial charge in [-0.1, -0.05) is 18.2 Å². The van der Waals surface area contributed by atoms with Gasteiger partial charge in [0.1, 0.15) is 15.5 Å². The van der Waals surface area contributed by atoms with E-state index in [-0.39, 0.29) is 22.6 Å². The Morgan fingerprint density at radius 2 is 1.36 bits per heavy atom. The fourth-order valence-electron chi connectivity index (χ4n) is 4.09. The summed E-state index contributed by atoms with van der Waals surface area (Å²) in [5.41, 5.74) is 10.6. The molecule has 228 valence electrons. The van der Waals surface area contributed by atoms with E-state index in [9.17, 15) is 35.5 Å². The van der Waals surface area contributed by atoms with Crippen molar-refractivity contribution in [2.24, 2.45) is 20.4 Å². The van der Waals surface area contributed by atoms with Crippen LogP contribution in [0.3, 0.4) is 0 Å². The van der Waals surface area contributed by atoms with Gasteiger partial charge in [0.2, 0.25) is 5.78 Å². The molecule has 3 aromatic carbocycles. The third kappa shape index (κ3) is 6.97. The SMILES string of the molecule is Nc1c(N=Nc2ccc(NN=C3C=CC(=O)C=C3)cc2)c(S(=O)(=O)O)cc2c1C(=O)/C(=N\Nc1ccccc1)C(S(=O)(=O)O)=C2. The van der Waals surface area contributed by atoms with Crippen LogP contribution in [0.5, 0.6) is 0 Å². The molecule has 17 heteroatoms. The molecule has 0 spiro atoms. The van der Waals surface area contributed by atoms with Crippen LogP contribution in [0.2, 0.25) is 0 Å². The van der Waals surface area contributed by atoms with Crippen LogP contribution in [0, 0.1) is 0 Å². The number of nitrogens with one attached hydrogen (secondary N) is 2. The fraction of sp³-hybridized carbons (Fsp3) is 0. The largest absolute Gasteiger partial charge is 0.396 e.